The third-order valence-electron chi connectivity index (χ3n) is 6.00. The van der Waals surface area contributed by atoms with Gasteiger partial charge in [-0.1, -0.05) is 6.07 Å². The Kier molecular flexibility index (Phi) is 6.26. The number of non-ortho nitro benzene ring substituents is 1. The van der Waals surface area contributed by atoms with Gasteiger partial charge in [-0.3, -0.25) is 24.6 Å². The SMILES string of the molecule is Cc1cc(C)cc(N2C(=O)C(c3ccc([N+](=O)[O-])cc3)=C(N3CCN(CCO)CC3)C2=O)c1. The first-order valence-electron chi connectivity index (χ1n) is 10.8. The van der Waals surface area contributed by atoms with E-state index in [1.165, 1.54) is 29.2 Å². The molecule has 1 N–H and O–H groups in total. The molecule has 2 amide bonds. The Morgan fingerprint density at radius 3 is 2.09 bits per heavy atom. The average Bonchev–Trinajstić information content (AvgIpc) is 3.04. The zero-order chi connectivity index (χ0) is 23.7. The van der Waals surface area contributed by atoms with Crippen molar-refractivity contribution in [2.75, 3.05) is 44.2 Å². The fraction of sp³-hybridized carbons (Fsp3) is 0.333. The Hall–Kier alpha value is -3.56. The molecule has 172 valence electrons. The van der Waals surface area contributed by atoms with Crippen molar-refractivity contribution >= 4 is 28.8 Å². The number of aliphatic hydroxyl groups excluding tert-OH is 1. The normalized spacial score (nSPS) is 17.3. The number of aliphatic hydroxyl groups is 1. The third-order valence-corrected chi connectivity index (χ3v) is 6.00. The Morgan fingerprint density at radius 2 is 1.55 bits per heavy atom. The first-order chi connectivity index (χ1) is 15.8. The fourth-order valence-corrected chi connectivity index (χ4v) is 4.47. The predicted octanol–water partition coefficient (Wildman–Crippen LogP) is 2.11. The monoisotopic (exact) mass is 450 g/mol. The molecule has 2 aromatic rings. The minimum Gasteiger partial charge on any atom is -0.395 e. The van der Waals surface area contributed by atoms with Gasteiger partial charge in [0.25, 0.3) is 17.5 Å². The second-order valence-corrected chi connectivity index (χ2v) is 8.37. The van der Waals surface area contributed by atoms with Crippen molar-refractivity contribution in [1.82, 2.24) is 9.80 Å². The highest BCUT2D eigenvalue weighted by molar-refractivity contribution is 6.45. The number of imide groups is 1. The van der Waals surface area contributed by atoms with Crippen molar-refractivity contribution < 1.29 is 19.6 Å². The Bertz CT molecular complexity index is 1110. The average molecular weight is 450 g/mol. The topological polar surface area (TPSA) is 107 Å². The molecule has 2 aliphatic heterocycles. The van der Waals surface area contributed by atoms with Crippen LogP contribution in [-0.4, -0.2) is 71.0 Å². The summed E-state index contributed by atoms with van der Waals surface area (Å²) in [5, 5.41) is 20.3. The van der Waals surface area contributed by atoms with Crippen LogP contribution in [0.15, 0.2) is 48.2 Å². The van der Waals surface area contributed by atoms with E-state index in [4.69, 9.17) is 0 Å². The highest BCUT2D eigenvalue weighted by Gasteiger charge is 2.43. The molecule has 0 saturated carbocycles. The van der Waals surface area contributed by atoms with Crippen molar-refractivity contribution in [3.8, 4) is 0 Å². The van der Waals surface area contributed by atoms with E-state index >= 15 is 0 Å². The van der Waals surface area contributed by atoms with Crippen LogP contribution in [-0.2, 0) is 9.59 Å². The summed E-state index contributed by atoms with van der Waals surface area (Å²) in [5.41, 5.74) is 3.35. The van der Waals surface area contributed by atoms with E-state index in [0.29, 0.717) is 49.7 Å². The quantitative estimate of drug-likeness (QED) is 0.408. The van der Waals surface area contributed by atoms with Crippen molar-refractivity contribution in [3.63, 3.8) is 0 Å². The third kappa shape index (κ3) is 4.37. The molecule has 0 bridgehead atoms. The highest BCUT2D eigenvalue weighted by Crippen LogP contribution is 2.36. The molecule has 9 heteroatoms. The summed E-state index contributed by atoms with van der Waals surface area (Å²) in [6, 6.07) is 11.3. The second-order valence-electron chi connectivity index (χ2n) is 8.37. The van der Waals surface area contributed by atoms with Gasteiger partial charge in [0.15, 0.2) is 0 Å². The zero-order valence-electron chi connectivity index (χ0n) is 18.7. The Labute approximate surface area is 191 Å². The summed E-state index contributed by atoms with van der Waals surface area (Å²) in [6.07, 6.45) is 0. The molecule has 0 atom stereocenters. The number of carbonyl (C=O) groups is 2. The van der Waals surface area contributed by atoms with Crippen LogP contribution in [0.3, 0.4) is 0 Å². The van der Waals surface area contributed by atoms with Crippen molar-refractivity contribution in [3.05, 3.63) is 75.0 Å². The number of nitrogens with zero attached hydrogens (tertiary/aromatic N) is 4. The smallest absolute Gasteiger partial charge is 0.282 e. The van der Waals surface area contributed by atoms with Crippen molar-refractivity contribution in [2.24, 2.45) is 0 Å². The van der Waals surface area contributed by atoms with Gasteiger partial charge >= 0.3 is 0 Å². The van der Waals surface area contributed by atoms with Crippen LogP contribution < -0.4 is 4.90 Å². The van der Waals surface area contributed by atoms with Gasteiger partial charge in [0.1, 0.15) is 5.70 Å². The number of β-amino-alcohol motifs (C(OH)–C–C–N with tert-alkyl or cyclic N) is 1. The van der Waals surface area contributed by atoms with Crippen LogP contribution in [0.25, 0.3) is 5.57 Å². The van der Waals surface area contributed by atoms with Gasteiger partial charge in [-0.25, -0.2) is 4.90 Å². The number of nitro groups is 1. The number of benzene rings is 2. The van der Waals surface area contributed by atoms with E-state index in [2.05, 4.69) is 4.90 Å². The maximum atomic E-state index is 13.6. The molecule has 2 heterocycles. The van der Waals surface area contributed by atoms with E-state index in [0.717, 1.165) is 11.1 Å². The molecule has 0 aromatic heterocycles. The maximum absolute atomic E-state index is 13.6. The van der Waals surface area contributed by atoms with Gasteiger partial charge in [0.05, 0.1) is 22.8 Å². The largest absolute Gasteiger partial charge is 0.395 e. The molecule has 0 aliphatic carbocycles. The summed E-state index contributed by atoms with van der Waals surface area (Å²) in [7, 11) is 0. The summed E-state index contributed by atoms with van der Waals surface area (Å²) >= 11 is 0. The summed E-state index contributed by atoms with van der Waals surface area (Å²) in [5.74, 6) is -0.833. The number of nitro benzene ring substituents is 1. The van der Waals surface area contributed by atoms with Crippen molar-refractivity contribution in [2.45, 2.75) is 13.8 Å². The Balaban J connectivity index is 1.76. The van der Waals surface area contributed by atoms with Crippen LogP contribution in [0.1, 0.15) is 16.7 Å². The maximum Gasteiger partial charge on any atom is 0.282 e. The number of amides is 2. The molecule has 1 saturated heterocycles. The molecule has 2 aliphatic rings. The molecule has 9 nitrogen and oxygen atoms in total. The predicted molar refractivity (Wildman–Crippen MR) is 124 cm³/mol. The second kappa shape index (κ2) is 9.13. The standard InChI is InChI=1S/C24H26N4O5/c1-16-13-17(2)15-20(14-16)27-23(30)21(18-3-5-19(6-4-18)28(32)33)22(24(27)31)26-9-7-25(8-10-26)11-12-29/h3-6,13-15,29H,7-12H2,1-2H3. The molecule has 0 radical (unpaired) electrons. The van der Waals surface area contributed by atoms with E-state index in [-0.39, 0.29) is 17.9 Å². The van der Waals surface area contributed by atoms with E-state index in [1.54, 1.807) is 12.1 Å². The highest BCUT2D eigenvalue weighted by atomic mass is 16.6. The number of rotatable bonds is 6. The molecule has 0 spiro atoms. The number of aryl methyl sites for hydroxylation is 2. The van der Waals surface area contributed by atoms with E-state index in [9.17, 15) is 24.8 Å². The van der Waals surface area contributed by atoms with E-state index < -0.39 is 16.7 Å². The van der Waals surface area contributed by atoms with Crippen LogP contribution >= 0.6 is 0 Å². The number of anilines is 1. The lowest BCUT2D eigenvalue weighted by Crippen LogP contribution is -2.48. The van der Waals surface area contributed by atoms with Gasteiger partial charge in [0, 0.05) is 44.9 Å². The molecule has 33 heavy (non-hydrogen) atoms. The van der Waals surface area contributed by atoms with Crippen LogP contribution in [0, 0.1) is 24.0 Å². The van der Waals surface area contributed by atoms with Crippen LogP contribution in [0.4, 0.5) is 11.4 Å². The molecular formula is C24H26N4O5. The molecule has 0 unspecified atom stereocenters. The molecule has 1 fully saturated rings. The van der Waals surface area contributed by atoms with Crippen molar-refractivity contribution in [1.29, 1.82) is 0 Å². The van der Waals surface area contributed by atoms with Gasteiger partial charge < -0.3 is 10.0 Å². The summed E-state index contributed by atoms with van der Waals surface area (Å²) in [6.45, 7) is 6.82. The molecule has 2 aromatic carbocycles. The van der Waals surface area contributed by atoms with Crippen LogP contribution in [0.2, 0.25) is 0 Å². The van der Waals surface area contributed by atoms with Crippen LogP contribution in [0.5, 0.6) is 0 Å². The summed E-state index contributed by atoms with van der Waals surface area (Å²) < 4.78 is 0. The fourth-order valence-electron chi connectivity index (χ4n) is 4.47. The lowest BCUT2D eigenvalue weighted by atomic mass is 10.0. The van der Waals surface area contributed by atoms with Gasteiger partial charge in [-0.05, 0) is 54.8 Å². The number of piperazine rings is 1. The first kappa shape index (κ1) is 22.6. The van der Waals surface area contributed by atoms with Gasteiger partial charge in [-0.15, -0.1) is 0 Å². The Morgan fingerprint density at radius 1 is 0.939 bits per heavy atom. The van der Waals surface area contributed by atoms with Gasteiger partial charge in [0.2, 0.25) is 0 Å². The minimum absolute atomic E-state index is 0.0641. The molecular weight excluding hydrogens is 424 g/mol. The molecule has 4 rings (SSSR count). The number of hydrogen-bond acceptors (Lipinski definition) is 7. The zero-order valence-corrected chi connectivity index (χ0v) is 18.7. The first-order valence-corrected chi connectivity index (χ1v) is 10.8. The lowest BCUT2D eigenvalue weighted by Gasteiger charge is -2.36. The van der Waals surface area contributed by atoms with E-state index in [1.807, 2.05) is 24.8 Å². The number of carbonyl (C=O) groups excluding carboxylic acids is 2. The van der Waals surface area contributed by atoms with Gasteiger partial charge in [-0.2, -0.15) is 0 Å². The summed E-state index contributed by atoms with van der Waals surface area (Å²) in [4.78, 5) is 43.1. The minimum atomic E-state index is -0.497. The number of hydrogen-bond donors (Lipinski definition) is 1. The lowest BCUT2D eigenvalue weighted by molar-refractivity contribution is -0.384.